The molecule has 1 fully saturated rings. The Morgan fingerprint density at radius 2 is 2.33 bits per heavy atom. The van der Waals surface area contributed by atoms with E-state index in [-0.39, 0.29) is 0 Å². The van der Waals surface area contributed by atoms with Gasteiger partial charge in [-0.05, 0) is 44.4 Å². The normalized spacial score (nSPS) is 27.9. The summed E-state index contributed by atoms with van der Waals surface area (Å²) in [6.45, 7) is 3.11. The maximum absolute atomic E-state index is 4.61. The van der Waals surface area contributed by atoms with Gasteiger partial charge in [-0.15, -0.1) is 0 Å². The van der Waals surface area contributed by atoms with Gasteiger partial charge < -0.3 is 5.32 Å². The van der Waals surface area contributed by atoms with Crippen LogP contribution < -0.4 is 5.32 Å². The van der Waals surface area contributed by atoms with Crippen LogP contribution in [0.3, 0.4) is 0 Å². The number of aryl methyl sites for hydroxylation is 1. The lowest BCUT2D eigenvalue weighted by Crippen LogP contribution is -2.13. The first-order chi connectivity index (χ1) is 7.29. The second-order valence-electron chi connectivity index (χ2n) is 4.94. The highest BCUT2D eigenvalue weighted by Crippen LogP contribution is 2.48. The predicted molar refractivity (Wildman–Crippen MR) is 61.2 cm³/mol. The van der Waals surface area contributed by atoms with Crippen molar-refractivity contribution in [2.24, 2.45) is 13.0 Å². The molecular weight excluding hydrogens is 186 g/mol. The van der Waals surface area contributed by atoms with E-state index in [1.807, 2.05) is 0 Å². The number of rotatable bonds is 2. The molecule has 0 spiro atoms. The van der Waals surface area contributed by atoms with Crippen LogP contribution in [0.4, 0.5) is 5.82 Å². The molecule has 2 unspecified atom stereocenters. The number of anilines is 1. The fourth-order valence-corrected chi connectivity index (χ4v) is 3.34. The molecular formula is C12H19N3. The Balaban J connectivity index is 2.06. The number of fused-ring (bicyclic) bond motifs is 4. The van der Waals surface area contributed by atoms with Crippen LogP contribution in [0.2, 0.25) is 0 Å². The van der Waals surface area contributed by atoms with Crippen molar-refractivity contribution in [1.29, 1.82) is 0 Å². The number of hydrogen-bond donors (Lipinski definition) is 1. The molecule has 1 aromatic heterocycles. The average Bonchev–Trinajstić information content (AvgIpc) is 2.73. The first kappa shape index (κ1) is 9.25. The molecule has 1 heterocycles. The second-order valence-corrected chi connectivity index (χ2v) is 4.94. The van der Waals surface area contributed by atoms with Crippen molar-refractivity contribution in [3.63, 3.8) is 0 Å². The van der Waals surface area contributed by atoms with E-state index in [4.69, 9.17) is 0 Å². The zero-order valence-corrected chi connectivity index (χ0v) is 9.58. The Kier molecular flexibility index (Phi) is 2.01. The van der Waals surface area contributed by atoms with Crippen molar-refractivity contribution in [3.8, 4) is 0 Å². The highest BCUT2D eigenvalue weighted by atomic mass is 15.3. The van der Waals surface area contributed by atoms with Gasteiger partial charge in [0.25, 0.3) is 0 Å². The van der Waals surface area contributed by atoms with Gasteiger partial charge in [0.05, 0.1) is 0 Å². The zero-order chi connectivity index (χ0) is 10.4. The number of hydrogen-bond acceptors (Lipinski definition) is 2. The van der Waals surface area contributed by atoms with Gasteiger partial charge in [0, 0.05) is 24.8 Å². The van der Waals surface area contributed by atoms with Crippen molar-refractivity contribution in [2.75, 3.05) is 11.9 Å². The van der Waals surface area contributed by atoms with E-state index in [1.165, 1.54) is 36.9 Å². The van der Waals surface area contributed by atoms with Gasteiger partial charge >= 0.3 is 0 Å². The third-order valence-corrected chi connectivity index (χ3v) is 3.98. The van der Waals surface area contributed by atoms with Crippen molar-refractivity contribution >= 4 is 5.82 Å². The van der Waals surface area contributed by atoms with Crippen LogP contribution in [0.15, 0.2) is 0 Å². The van der Waals surface area contributed by atoms with Gasteiger partial charge in [0.1, 0.15) is 0 Å². The van der Waals surface area contributed by atoms with Crippen LogP contribution in [0.25, 0.3) is 0 Å². The van der Waals surface area contributed by atoms with Gasteiger partial charge in [-0.3, -0.25) is 4.68 Å². The van der Waals surface area contributed by atoms with E-state index >= 15 is 0 Å². The average molecular weight is 205 g/mol. The van der Waals surface area contributed by atoms with Crippen molar-refractivity contribution in [2.45, 2.75) is 38.5 Å². The predicted octanol–water partition coefficient (Wildman–Crippen LogP) is 2.29. The van der Waals surface area contributed by atoms with Crippen LogP contribution >= 0.6 is 0 Å². The summed E-state index contributed by atoms with van der Waals surface area (Å²) in [6, 6.07) is 0. The summed E-state index contributed by atoms with van der Waals surface area (Å²) < 4.78 is 2.10. The SMILES string of the molecule is CCNc1nn(C)c2c1C1CCC(C2)C1. The molecule has 2 aliphatic rings. The summed E-state index contributed by atoms with van der Waals surface area (Å²) in [4.78, 5) is 0. The van der Waals surface area contributed by atoms with E-state index in [1.54, 1.807) is 0 Å². The minimum atomic E-state index is 0.793. The lowest BCUT2D eigenvalue weighted by Gasteiger charge is -2.20. The maximum Gasteiger partial charge on any atom is 0.151 e. The number of aromatic nitrogens is 2. The third kappa shape index (κ3) is 1.29. The summed E-state index contributed by atoms with van der Waals surface area (Å²) in [5.41, 5.74) is 3.03. The standard InChI is InChI=1S/C12H19N3/c1-3-13-12-11-9-5-4-8(6-9)7-10(11)15(2)14-12/h8-9H,3-7H2,1-2H3,(H,13,14). The quantitative estimate of drug-likeness (QED) is 0.802. The molecule has 1 N–H and O–H groups in total. The summed E-state index contributed by atoms with van der Waals surface area (Å²) in [6.07, 6.45) is 5.45. The fourth-order valence-electron chi connectivity index (χ4n) is 3.34. The molecule has 0 aromatic carbocycles. The van der Waals surface area contributed by atoms with Crippen LogP contribution in [0.1, 0.15) is 43.4 Å². The van der Waals surface area contributed by atoms with Gasteiger partial charge in [-0.1, -0.05) is 0 Å². The zero-order valence-electron chi connectivity index (χ0n) is 9.58. The lowest BCUT2D eigenvalue weighted by molar-refractivity contribution is 0.488. The van der Waals surface area contributed by atoms with Crippen LogP contribution in [-0.2, 0) is 13.5 Å². The van der Waals surface area contributed by atoms with Crippen LogP contribution in [-0.4, -0.2) is 16.3 Å². The molecule has 1 aromatic rings. The molecule has 2 aliphatic carbocycles. The monoisotopic (exact) mass is 205 g/mol. The summed E-state index contributed by atoms with van der Waals surface area (Å²) in [7, 11) is 2.09. The minimum absolute atomic E-state index is 0.793. The van der Waals surface area contributed by atoms with Gasteiger partial charge in [0.15, 0.2) is 5.82 Å². The topological polar surface area (TPSA) is 29.9 Å². The Morgan fingerprint density at radius 3 is 3.13 bits per heavy atom. The molecule has 1 saturated carbocycles. The third-order valence-electron chi connectivity index (χ3n) is 3.98. The maximum atomic E-state index is 4.61. The largest absolute Gasteiger partial charge is 0.369 e. The molecule has 0 radical (unpaired) electrons. The Labute approximate surface area is 90.9 Å². The van der Waals surface area contributed by atoms with Crippen molar-refractivity contribution in [3.05, 3.63) is 11.3 Å². The van der Waals surface area contributed by atoms with E-state index in [0.717, 1.165) is 24.2 Å². The molecule has 0 amide bonds. The van der Waals surface area contributed by atoms with Crippen LogP contribution in [0.5, 0.6) is 0 Å². The Hall–Kier alpha value is -0.990. The second kappa shape index (κ2) is 3.26. The first-order valence-electron chi connectivity index (χ1n) is 6.09. The van der Waals surface area contributed by atoms with E-state index in [0.29, 0.717) is 0 Å². The summed E-state index contributed by atoms with van der Waals surface area (Å²) in [5.74, 6) is 2.88. The van der Waals surface area contributed by atoms with Gasteiger partial charge in [0.2, 0.25) is 0 Å². The molecule has 2 atom stereocenters. The molecule has 82 valence electrons. The van der Waals surface area contributed by atoms with E-state index in [9.17, 15) is 0 Å². The highest BCUT2D eigenvalue weighted by molar-refractivity contribution is 5.51. The van der Waals surface area contributed by atoms with Gasteiger partial charge in [-0.2, -0.15) is 5.10 Å². The molecule has 3 heteroatoms. The van der Waals surface area contributed by atoms with Crippen LogP contribution in [0, 0.1) is 5.92 Å². The summed E-state index contributed by atoms with van der Waals surface area (Å²) >= 11 is 0. The Bertz CT molecular complexity index is 380. The van der Waals surface area contributed by atoms with Crippen molar-refractivity contribution in [1.82, 2.24) is 9.78 Å². The summed E-state index contributed by atoms with van der Waals surface area (Å²) in [5, 5.41) is 8.01. The molecule has 15 heavy (non-hydrogen) atoms. The number of nitrogens with one attached hydrogen (secondary N) is 1. The van der Waals surface area contributed by atoms with Gasteiger partial charge in [-0.25, -0.2) is 0 Å². The molecule has 3 nitrogen and oxygen atoms in total. The molecule has 3 rings (SSSR count). The minimum Gasteiger partial charge on any atom is -0.369 e. The first-order valence-corrected chi connectivity index (χ1v) is 6.09. The van der Waals surface area contributed by atoms with E-state index < -0.39 is 0 Å². The lowest BCUT2D eigenvalue weighted by atomic mass is 9.87. The van der Waals surface area contributed by atoms with E-state index in [2.05, 4.69) is 29.1 Å². The molecule has 0 saturated heterocycles. The highest BCUT2D eigenvalue weighted by Gasteiger charge is 2.37. The molecule has 0 aliphatic heterocycles. The van der Waals surface area contributed by atoms with Crippen molar-refractivity contribution < 1.29 is 0 Å². The molecule has 2 bridgehead atoms. The fraction of sp³-hybridized carbons (Fsp3) is 0.750. The number of nitrogens with zero attached hydrogens (tertiary/aromatic N) is 2. The Morgan fingerprint density at radius 1 is 1.47 bits per heavy atom. The smallest absolute Gasteiger partial charge is 0.151 e.